The fourth-order valence-electron chi connectivity index (χ4n) is 3.22. The van der Waals surface area contributed by atoms with Crippen LogP contribution in [0.15, 0.2) is 63.9 Å². The highest BCUT2D eigenvalue weighted by Gasteiger charge is 2.31. The minimum absolute atomic E-state index is 0.0368. The number of sulfonamides is 1. The number of carbonyl (C=O) groups excluding carboxylic acids is 1. The Bertz CT molecular complexity index is 1340. The Hall–Kier alpha value is -3.66. The van der Waals surface area contributed by atoms with Gasteiger partial charge in [-0.25, -0.2) is 13.1 Å². The molecule has 10 heteroatoms. The van der Waals surface area contributed by atoms with E-state index in [1.807, 2.05) is 30.3 Å². The second-order valence-electron chi connectivity index (χ2n) is 6.63. The summed E-state index contributed by atoms with van der Waals surface area (Å²) in [4.78, 5) is 16.8. The van der Waals surface area contributed by atoms with Crippen LogP contribution in [0.1, 0.15) is 29.3 Å². The highest BCUT2D eigenvalue weighted by atomic mass is 32.2. The third-order valence-electron chi connectivity index (χ3n) is 4.64. The average molecular weight is 409 g/mol. The lowest BCUT2D eigenvalue weighted by molar-refractivity contribution is 0.0925. The van der Waals surface area contributed by atoms with Crippen LogP contribution in [-0.4, -0.2) is 29.1 Å². The molecule has 9 nitrogen and oxygen atoms in total. The molecule has 2 N–H and O–H groups in total. The molecule has 0 saturated carbocycles. The number of aromatic nitrogens is 3. The quantitative estimate of drug-likeness (QED) is 0.537. The zero-order valence-corrected chi connectivity index (χ0v) is 16.0. The molecule has 5 rings (SSSR count). The summed E-state index contributed by atoms with van der Waals surface area (Å²) in [7, 11) is -3.77. The predicted octanol–water partition coefficient (Wildman–Crippen LogP) is 2.62. The Morgan fingerprint density at radius 3 is 2.76 bits per heavy atom. The standard InChI is InChI=1S/C19H15N5O4S/c1-11(15-10-12-6-2-4-8-14(12)28-15)20-18(25)17-21-19-23-29(26,27)16-9-5-3-7-13(16)24(19)22-17/h2-11H,1H3,(H,20,25)(H,21,22,23). The minimum atomic E-state index is -3.77. The normalized spacial score (nSPS) is 15.2. The number of fused-ring (bicyclic) bond motifs is 4. The number of rotatable bonds is 3. The smallest absolute Gasteiger partial charge is 0.291 e. The van der Waals surface area contributed by atoms with E-state index in [0.29, 0.717) is 11.4 Å². The van der Waals surface area contributed by atoms with Crippen molar-refractivity contribution in [2.75, 3.05) is 4.72 Å². The number of para-hydroxylation sites is 2. The molecular formula is C19H15N5O4S. The summed E-state index contributed by atoms with van der Waals surface area (Å²) in [6, 6.07) is 15.3. The highest BCUT2D eigenvalue weighted by Crippen LogP contribution is 2.29. The fraction of sp³-hybridized carbons (Fsp3) is 0.105. The van der Waals surface area contributed by atoms with Crippen LogP contribution in [0.25, 0.3) is 16.7 Å². The summed E-state index contributed by atoms with van der Waals surface area (Å²) in [5.74, 6) is -0.140. The fourth-order valence-corrected chi connectivity index (χ4v) is 4.39. The number of anilines is 1. The van der Waals surface area contributed by atoms with Gasteiger partial charge in [0.2, 0.25) is 11.8 Å². The molecule has 0 bridgehead atoms. The van der Waals surface area contributed by atoms with Crippen LogP contribution in [0.2, 0.25) is 0 Å². The Kier molecular flexibility index (Phi) is 3.71. The maximum absolute atomic E-state index is 12.7. The SMILES string of the molecule is CC(NC(=O)c1nc2n(n1)-c1ccccc1S(=O)(=O)N2)c1cc2ccccc2o1. The third kappa shape index (κ3) is 2.85. The van der Waals surface area contributed by atoms with Gasteiger partial charge in [-0.15, -0.1) is 5.10 Å². The van der Waals surface area contributed by atoms with Crippen molar-refractivity contribution in [1.82, 2.24) is 20.1 Å². The number of nitrogens with zero attached hydrogens (tertiary/aromatic N) is 3. The summed E-state index contributed by atoms with van der Waals surface area (Å²) in [5, 5.41) is 7.90. The van der Waals surface area contributed by atoms with Crippen LogP contribution >= 0.6 is 0 Å². The zero-order valence-electron chi connectivity index (χ0n) is 15.2. The van der Waals surface area contributed by atoms with E-state index in [0.717, 1.165) is 11.0 Å². The number of hydrogen-bond donors (Lipinski definition) is 2. The van der Waals surface area contributed by atoms with Crippen LogP contribution in [-0.2, 0) is 10.0 Å². The monoisotopic (exact) mass is 409 g/mol. The number of nitrogens with one attached hydrogen (secondary N) is 2. The molecule has 0 radical (unpaired) electrons. The van der Waals surface area contributed by atoms with E-state index in [-0.39, 0.29) is 16.7 Å². The van der Waals surface area contributed by atoms with Gasteiger partial charge in [0.05, 0.1) is 11.7 Å². The first-order valence-corrected chi connectivity index (χ1v) is 10.3. The molecule has 1 aliphatic heterocycles. The zero-order chi connectivity index (χ0) is 20.2. The number of furan rings is 1. The molecular weight excluding hydrogens is 394 g/mol. The highest BCUT2D eigenvalue weighted by molar-refractivity contribution is 7.92. The van der Waals surface area contributed by atoms with E-state index in [2.05, 4.69) is 20.1 Å². The number of hydrogen-bond acceptors (Lipinski definition) is 6. The Morgan fingerprint density at radius 2 is 1.93 bits per heavy atom. The molecule has 0 fully saturated rings. The average Bonchev–Trinajstić information content (AvgIpc) is 3.32. The number of carbonyl (C=O) groups is 1. The van der Waals surface area contributed by atoms with Crippen molar-refractivity contribution in [3.63, 3.8) is 0 Å². The van der Waals surface area contributed by atoms with E-state index in [1.54, 1.807) is 25.1 Å². The first-order chi connectivity index (χ1) is 13.9. The number of amides is 1. The molecule has 1 atom stereocenters. The Morgan fingerprint density at radius 1 is 1.17 bits per heavy atom. The predicted molar refractivity (Wildman–Crippen MR) is 104 cm³/mol. The summed E-state index contributed by atoms with van der Waals surface area (Å²) < 4.78 is 34.1. The first-order valence-electron chi connectivity index (χ1n) is 8.81. The van der Waals surface area contributed by atoms with Gasteiger partial charge in [-0.1, -0.05) is 30.3 Å². The summed E-state index contributed by atoms with van der Waals surface area (Å²) >= 11 is 0. The first kappa shape index (κ1) is 17.4. The molecule has 0 aliphatic carbocycles. The van der Waals surface area contributed by atoms with Gasteiger partial charge in [0.15, 0.2) is 0 Å². The van der Waals surface area contributed by atoms with E-state index in [1.165, 1.54) is 10.7 Å². The van der Waals surface area contributed by atoms with Crippen molar-refractivity contribution in [3.8, 4) is 5.69 Å². The number of benzene rings is 2. The molecule has 1 aliphatic rings. The van der Waals surface area contributed by atoms with Crippen molar-refractivity contribution < 1.29 is 17.6 Å². The summed E-state index contributed by atoms with van der Waals surface area (Å²) in [5.41, 5.74) is 1.06. The van der Waals surface area contributed by atoms with Crippen LogP contribution in [0.4, 0.5) is 5.95 Å². The lowest BCUT2D eigenvalue weighted by Gasteiger charge is -2.17. The largest absolute Gasteiger partial charge is 0.459 e. The van der Waals surface area contributed by atoms with Gasteiger partial charge < -0.3 is 9.73 Å². The maximum atomic E-state index is 12.7. The lowest BCUT2D eigenvalue weighted by Crippen LogP contribution is -2.27. The van der Waals surface area contributed by atoms with Crippen molar-refractivity contribution in [2.24, 2.45) is 0 Å². The van der Waals surface area contributed by atoms with Gasteiger partial charge in [-0.2, -0.15) is 9.67 Å². The van der Waals surface area contributed by atoms with E-state index < -0.39 is 22.0 Å². The van der Waals surface area contributed by atoms with Gasteiger partial charge in [-0.05, 0) is 31.2 Å². The second kappa shape index (κ2) is 6.17. The van der Waals surface area contributed by atoms with Gasteiger partial charge in [-0.3, -0.25) is 4.79 Å². The molecule has 3 heterocycles. The molecule has 2 aromatic carbocycles. The van der Waals surface area contributed by atoms with Gasteiger partial charge in [0.25, 0.3) is 15.9 Å². The molecule has 4 aromatic rings. The molecule has 0 saturated heterocycles. The van der Waals surface area contributed by atoms with E-state index in [9.17, 15) is 13.2 Å². The van der Waals surface area contributed by atoms with E-state index >= 15 is 0 Å². The third-order valence-corrected chi connectivity index (χ3v) is 6.01. The van der Waals surface area contributed by atoms with Crippen LogP contribution in [0.5, 0.6) is 0 Å². The van der Waals surface area contributed by atoms with Crippen molar-refractivity contribution in [1.29, 1.82) is 0 Å². The molecule has 1 unspecified atom stereocenters. The second-order valence-corrected chi connectivity index (χ2v) is 8.28. The van der Waals surface area contributed by atoms with Crippen LogP contribution < -0.4 is 10.0 Å². The molecule has 146 valence electrons. The van der Waals surface area contributed by atoms with Crippen LogP contribution in [0.3, 0.4) is 0 Å². The van der Waals surface area contributed by atoms with E-state index in [4.69, 9.17) is 4.42 Å². The molecule has 1 amide bonds. The molecule has 29 heavy (non-hydrogen) atoms. The Balaban J connectivity index is 1.44. The topological polar surface area (TPSA) is 119 Å². The van der Waals surface area contributed by atoms with Gasteiger partial charge in [0, 0.05) is 5.39 Å². The lowest BCUT2D eigenvalue weighted by atomic mass is 10.2. The van der Waals surface area contributed by atoms with Crippen molar-refractivity contribution >= 4 is 32.8 Å². The summed E-state index contributed by atoms with van der Waals surface area (Å²) in [6.45, 7) is 1.78. The van der Waals surface area contributed by atoms with Crippen molar-refractivity contribution in [3.05, 3.63) is 66.2 Å². The maximum Gasteiger partial charge on any atom is 0.291 e. The minimum Gasteiger partial charge on any atom is -0.459 e. The van der Waals surface area contributed by atoms with Crippen molar-refractivity contribution in [2.45, 2.75) is 17.9 Å². The van der Waals surface area contributed by atoms with Gasteiger partial charge >= 0.3 is 0 Å². The molecule has 2 aromatic heterocycles. The van der Waals surface area contributed by atoms with Crippen LogP contribution in [0, 0.1) is 0 Å². The Labute approximate surface area is 165 Å². The molecule has 0 spiro atoms. The van der Waals surface area contributed by atoms with Gasteiger partial charge in [0.1, 0.15) is 16.2 Å². The summed E-state index contributed by atoms with van der Waals surface area (Å²) in [6.07, 6.45) is 0.